The van der Waals surface area contributed by atoms with Crippen LogP contribution in [0.3, 0.4) is 0 Å². The molecule has 0 unspecified atom stereocenters. The van der Waals surface area contributed by atoms with Gasteiger partial charge >= 0.3 is 5.97 Å². The van der Waals surface area contributed by atoms with Crippen LogP contribution in [0.4, 0.5) is 0 Å². The highest BCUT2D eigenvalue weighted by molar-refractivity contribution is 6.02. The van der Waals surface area contributed by atoms with Gasteiger partial charge in [-0.2, -0.15) is 5.10 Å². The Labute approximate surface area is 133 Å². The van der Waals surface area contributed by atoms with E-state index in [1.54, 1.807) is 0 Å². The number of carbonyl (C=O) groups excluding carboxylic acids is 2. The van der Waals surface area contributed by atoms with E-state index in [-0.39, 0.29) is 24.9 Å². The van der Waals surface area contributed by atoms with Crippen LogP contribution in [-0.4, -0.2) is 49.0 Å². The van der Waals surface area contributed by atoms with Gasteiger partial charge in [0.25, 0.3) is 5.91 Å². The largest absolute Gasteiger partial charge is 0.493 e. The molecule has 1 amide bonds. The zero-order valence-electron chi connectivity index (χ0n) is 12.4. The third-order valence-electron chi connectivity index (χ3n) is 3.37. The highest BCUT2D eigenvalue weighted by Gasteiger charge is 2.24. The molecule has 0 radical (unpaired) electrons. The van der Waals surface area contributed by atoms with Gasteiger partial charge < -0.3 is 14.2 Å². The first-order valence-electron chi connectivity index (χ1n) is 7.29. The third-order valence-corrected chi connectivity index (χ3v) is 3.37. The molecule has 3 rings (SSSR count). The van der Waals surface area contributed by atoms with Crippen LogP contribution in [0.15, 0.2) is 47.5 Å². The number of carbonyl (C=O) groups is 2. The number of hydrogen-bond donors (Lipinski definition) is 0. The summed E-state index contributed by atoms with van der Waals surface area (Å²) in [5, 5.41) is 5.61. The summed E-state index contributed by atoms with van der Waals surface area (Å²) in [6.07, 6.45) is 1.86. The van der Waals surface area contributed by atoms with Crippen LogP contribution >= 0.6 is 0 Å². The van der Waals surface area contributed by atoms with Crippen LogP contribution in [0.5, 0.6) is 0 Å². The van der Waals surface area contributed by atoms with E-state index in [1.807, 2.05) is 30.3 Å². The minimum absolute atomic E-state index is 0.0288. The molecule has 0 saturated carbocycles. The first kappa shape index (κ1) is 15.1. The number of esters is 1. The van der Waals surface area contributed by atoms with Crippen molar-refractivity contribution in [2.24, 2.45) is 5.10 Å². The Morgan fingerprint density at radius 2 is 2.04 bits per heavy atom. The molecule has 0 aliphatic carbocycles. The summed E-state index contributed by atoms with van der Waals surface area (Å²) in [6.45, 7) is 0.764. The Kier molecular flexibility index (Phi) is 4.56. The minimum atomic E-state index is -0.718. The minimum Gasteiger partial charge on any atom is -0.493 e. The smallest absolute Gasteiger partial charge is 0.377 e. The second kappa shape index (κ2) is 6.95. The maximum Gasteiger partial charge on any atom is 0.377 e. The first-order valence-corrected chi connectivity index (χ1v) is 7.29. The Morgan fingerprint density at radius 1 is 1.22 bits per heavy atom. The summed E-state index contributed by atoms with van der Waals surface area (Å²) >= 11 is 0. The monoisotopic (exact) mass is 316 g/mol. The van der Waals surface area contributed by atoms with Crippen LogP contribution in [0.2, 0.25) is 0 Å². The van der Waals surface area contributed by atoms with Crippen LogP contribution < -0.4 is 0 Å². The number of benzene rings is 1. The third kappa shape index (κ3) is 3.68. The summed E-state index contributed by atoms with van der Waals surface area (Å²) in [4.78, 5) is 23.8. The van der Waals surface area contributed by atoms with E-state index in [2.05, 4.69) is 5.10 Å². The molecule has 23 heavy (non-hydrogen) atoms. The number of hydrazone groups is 1. The number of amides is 1. The second-order valence-electron chi connectivity index (χ2n) is 4.96. The van der Waals surface area contributed by atoms with E-state index >= 15 is 0 Å². The molecule has 0 bridgehead atoms. The van der Waals surface area contributed by atoms with E-state index < -0.39 is 5.97 Å². The predicted octanol–water partition coefficient (Wildman–Crippen LogP) is 1.05. The predicted molar refractivity (Wildman–Crippen MR) is 80.3 cm³/mol. The second-order valence-corrected chi connectivity index (χ2v) is 4.96. The fourth-order valence-electron chi connectivity index (χ4n) is 2.22. The van der Waals surface area contributed by atoms with E-state index in [4.69, 9.17) is 14.2 Å². The lowest BCUT2D eigenvalue weighted by Crippen LogP contribution is -2.29. The van der Waals surface area contributed by atoms with Crippen molar-refractivity contribution in [1.82, 2.24) is 5.01 Å². The SMILES string of the molecule is O=C(OCC(=O)N1CCC(c2ccccc2)=N1)C1=COCCO1. The first-order chi connectivity index (χ1) is 11.2. The molecule has 0 fully saturated rings. The lowest BCUT2D eigenvalue weighted by Gasteiger charge is -2.15. The standard InChI is InChI=1S/C16H16N2O5/c19-15(11-23-16(20)14-10-21-8-9-22-14)18-7-6-13(17-18)12-4-2-1-3-5-12/h1-5,10H,6-9,11H2. The van der Waals surface area contributed by atoms with E-state index in [9.17, 15) is 9.59 Å². The Balaban J connectivity index is 1.54. The van der Waals surface area contributed by atoms with Gasteiger partial charge in [-0.1, -0.05) is 30.3 Å². The number of hydrogen-bond acceptors (Lipinski definition) is 6. The molecule has 0 aromatic heterocycles. The number of rotatable bonds is 4. The lowest BCUT2D eigenvalue weighted by molar-refractivity contribution is -0.152. The van der Waals surface area contributed by atoms with Crippen LogP contribution in [0.25, 0.3) is 0 Å². The molecule has 7 nitrogen and oxygen atoms in total. The topological polar surface area (TPSA) is 77.4 Å². The van der Waals surface area contributed by atoms with Gasteiger partial charge in [-0.15, -0.1) is 0 Å². The molecule has 0 saturated heterocycles. The van der Waals surface area contributed by atoms with Gasteiger partial charge in [-0.25, -0.2) is 9.80 Å². The molecule has 7 heteroatoms. The average molecular weight is 316 g/mol. The summed E-state index contributed by atoms with van der Waals surface area (Å²) < 4.78 is 15.0. The van der Waals surface area contributed by atoms with E-state index in [1.165, 1.54) is 11.3 Å². The van der Waals surface area contributed by atoms with Crippen molar-refractivity contribution >= 4 is 17.6 Å². The van der Waals surface area contributed by atoms with Gasteiger partial charge in [0.15, 0.2) is 6.61 Å². The van der Waals surface area contributed by atoms with Crippen LogP contribution in [-0.2, 0) is 23.8 Å². The van der Waals surface area contributed by atoms with Gasteiger partial charge in [-0.3, -0.25) is 4.79 Å². The molecular weight excluding hydrogens is 300 g/mol. The molecule has 120 valence electrons. The molecular formula is C16H16N2O5. The molecule has 2 aliphatic rings. The van der Waals surface area contributed by atoms with Crippen molar-refractivity contribution in [1.29, 1.82) is 0 Å². The number of ether oxygens (including phenoxy) is 3. The van der Waals surface area contributed by atoms with Gasteiger partial charge in [-0.05, 0) is 5.56 Å². The van der Waals surface area contributed by atoms with Gasteiger partial charge in [0.1, 0.15) is 19.5 Å². The molecule has 0 N–H and O–H groups in total. The maximum absolute atomic E-state index is 12.1. The van der Waals surface area contributed by atoms with Crippen LogP contribution in [0, 0.1) is 0 Å². The highest BCUT2D eigenvalue weighted by atomic mass is 16.6. The normalized spacial score (nSPS) is 16.8. The van der Waals surface area contributed by atoms with Gasteiger partial charge in [0.2, 0.25) is 5.76 Å². The maximum atomic E-state index is 12.1. The zero-order chi connectivity index (χ0) is 16.1. The summed E-state index contributed by atoms with van der Waals surface area (Å²) in [5.41, 5.74) is 1.83. The highest BCUT2D eigenvalue weighted by Crippen LogP contribution is 2.14. The lowest BCUT2D eigenvalue weighted by atomic mass is 10.1. The Hall–Kier alpha value is -2.83. The van der Waals surface area contributed by atoms with Gasteiger partial charge in [0, 0.05) is 6.42 Å². The molecule has 1 aromatic rings. The van der Waals surface area contributed by atoms with Crippen molar-refractivity contribution in [3.63, 3.8) is 0 Å². The fraction of sp³-hybridized carbons (Fsp3) is 0.312. The van der Waals surface area contributed by atoms with Crippen molar-refractivity contribution in [3.8, 4) is 0 Å². The molecule has 2 aliphatic heterocycles. The zero-order valence-corrected chi connectivity index (χ0v) is 12.4. The molecule has 1 aromatic carbocycles. The average Bonchev–Trinajstić information content (AvgIpc) is 3.11. The molecule has 0 atom stereocenters. The molecule has 2 heterocycles. The fourth-order valence-corrected chi connectivity index (χ4v) is 2.22. The van der Waals surface area contributed by atoms with Crippen molar-refractivity contribution in [3.05, 3.63) is 47.9 Å². The van der Waals surface area contributed by atoms with Crippen molar-refractivity contribution < 1.29 is 23.8 Å². The number of nitrogens with zero attached hydrogens (tertiary/aromatic N) is 2. The van der Waals surface area contributed by atoms with E-state index in [0.29, 0.717) is 19.6 Å². The molecule has 0 spiro atoms. The van der Waals surface area contributed by atoms with Gasteiger partial charge in [0.05, 0.1) is 12.3 Å². The summed E-state index contributed by atoms with van der Waals surface area (Å²) in [7, 11) is 0. The summed E-state index contributed by atoms with van der Waals surface area (Å²) in [6, 6.07) is 9.65. The van der Waals surface area contributed by atoms with Crippen molar-refractivity contribution in [2.45, 2.75) is 6.42 Å². The van der Waals surface area contributed by atoms with Crippen molar-refractivity contribution in [2.75, 3.05) is 26.4 Å². The summed E-state index contributed by atoms with van der Waals surface area (Å²) in [5.74, 6) is -1.12. The Bertz CT molecular complexity index is 654. The Morgan fingerprint density at radius 3 is 2.78 bits per heavy atom. The quantitative estimate of drug-likeness (QED) is 0.776. The van der Waals surface area contributed by atoms with E-state index in [0.717, 1.165) is 11.3 Å². The van der Waals surface area contributed by atoms with Crippen LogP contribution in [0.1, 0.15) is 12.0 Å².